The summed E-state index contributed by atoms with van der Waals surface area (Å²) in [5.74, 6) is 1.39. The lowest BCUT2D eigenvalue weighted by atomic mass is 10.0. The normalized spacial score (nSPS) is 24.1. The molecule has 0 saturated carbocycles. The Hall–Kier alpha value is -1.79. The van der Waals surface area contributed by atoms with Crippen LogP contribution in [-0.2, 0) is 16.0 Å². The zero-order valence-electron chi connectivity index (χ0n) is 15.1. The van der Waals surface area contributed by atoms with E-state index in [1.54, 1.807) is 20.3 Å². The fourth-order valence-corrected chi connectivity index (χ4v) is 3.72. The number of amides is 1. The summed E-state index contributed by atoms with van der Waals surface area (Å²) in [6, 6.07) is 5.89. The van der Waals surface area contributed by atoms with Crippen LogP contribution in [0.5, 0.6) is 11.5 Å². The van der Waals surface area contributed by atoms with E-state index in [1.807, 2.05) is 12.1 Å². The Balaban J connectivity index is 1.60. The van der Waals surface area contributed by atoms with Crippen LogP contribution in [0.25, 0.3) is 0 Å². The lowest BCUT2D eigenvalue weighted by Crippen LogP contribution is -2.52. The van der Waals surface area contributed by atoms with Crippen molar-refractivity contribution in [1.82, 2.24) is 10.2 Å². The molecule has 3 rings (SSSR count). The van der Waals surface area contributed by atoms with Gasteiger partial charge < -0.3 is 19.5 Å². The van der Waals surface area contributed by atoms with Gasteiger partial charge in [0.1, 0.15) is 11.5 Å². The maximum atomic E-state index is 12.5. The highest BCUT2D eigenvalue weighted by molar-refractivity contribution is 5.79. The van der Waals surface area contributed by atoms with E-state index < -0.39 is 0 Å². The third-order valence-electron chi connectivity index (χ3n) is 5.10. The number of piperidine rings is 1. The maximum Gasteiger partial charge on any atom is 0.224 e. The zero-order chi connectivity index (χ0) is 17.6. The summed E-state index contributed by atoms with van der Waals surface area (Å²) in [4.78, 5) is 15.0. The van der Waals surface area contributed by atoms with Crippen molar-refractivity contribution in [2.75, 3.05) is 40.5 Å². The molecule has 0 radical (unpaired) electrons. The molecule has 1 aromatic carbocycles. The fourth-order valence-electron chi connectivity index (χ4n) is 3.72. The summed E-state index contributed by atoms with van der Waals surface area (Å²) in [6.07, 6.45) is 4.06. The number of carbonyl (C=O) groups excluding carboxylic acids is 1. The molecule has 0 spiro atoms. The van der Waals surface area contributed by atoms with E-state index in [1.165, 1.54) is 19.3 Å². The van der Waals surface area contributed by atoms with E-state index in [-0.39, 0.29) is 18.4 Å². The van der Waals surface area contributed by atoms with Crippen molar-refractivity contribution < 1.29 is 19.0 Å². The molecule has 0 aromatic heterocycles. The molecule has 2 fully saturated rings. The number of ether oxygens (including phenoxy) is 3. The van der Waals surface area contributed by atoms with Gasteiger partial charge in [-0.2, -0.15) is 0 Å². The van der Waals surface area contributed by atoms with Crippen LogP contribution in [0.3, 0.4) is 0 Å². The number of methoxy groups -OCH3 is 2. The van der Waals surface area contributed by atoms with Crippen LogP contribution in [0, 0.1) is 0 Å². The van der Waals surface area contributed by atoms with Gasteiger partial charge in [0.15, 0.2) is 0 Å². The standard InChI is InChI=1S/C19H28N2O4/c1-23-15-7-6-14(18(11-15)24-2)10-19(22)20-16-12-25-13-17(16)21-8-4-3-5-9-21/h6-7,11,16-17H,3-5,8-10,12-13H2,1-2H3,(H,20,22)/t16-,17-/m1/s1. The minimum absolute atomic E-state index is 0.000904. The number of nitrogens with zero attached hydrogens (tertiary/aromatic N) is 1. The molecule has 6 heteroatoms. The predicted molar refractivity (Wildman–Crippen MR) is 95.2 cm³/mol. The average molecular weight is 348 g/mol. The number of benzene rings is 1. The third kappa shape index (κ3) is 4.44. The van der Waals surface area contributed by atoms with Crippen LogP contribution >= 0.6 is 0 Å². The molecular formula is C19H28N2O4. The monoisotopic (exact) mass is 348 g/mol. The Kier molecular flexibility index (Phi) is 6.15. The molecule has 6 nitrogen and oxygen atoms in total. The molecule has 1 amide bonds. The Bertz CT molecular complexity index is 587. The van der Waals surface area contributed by atoms with Crippen molar-refractivity contribution in [2.24, 2.45) is 0 Å². The average Bonchev–Trinajstić information content (AvgIpc) is 3.10. The summed E-state index contributed by atoms with van der Waals surface area (Å²) in [6.45, 7) is 3.50. The van der Waals surface area contributed by atoms with E-state index in [2.05, 4.69) is 10.2 Å². The summed E-state index contributed by atoms with van der Waals surface area (Å²) < 4.78 is 16.2. The highest BCUT2D eigenvalue weighted by Crippen LogP contribution is 2.25. The van der Waals surface area contributed by atoms with E-state index in [9.17, 15) is 4.79 Å². The van der Waals surface area contributed by atoms with E-state index in [0.29, 0.717) is 25.0 Å². The second-order valence-electron chi connectivity index (χ2n) is 6.73. The number of hydrogen-bond donors (Lipinski definition) is 1. The highest BCUT2D eigenvalue weighted by Gasteiger charge is 2.34. The molecular weight excluding hydrogens is 320 g/mol. The Morgan fingerprint density at radius 1 is 1.20 bits per heavy atom. The van der Waals surface area contributed by atoms with Crippen molar-refractivity contribution in [3.8, 4) is 11.5 Å². The number of carbonyl (C=O) groups is 1. The van der Waals surface area contributed by atoms with Crippen LogP contribution < -0.4 is 14.8 Å². The van der Waals surface area contributed by atoms with Gasteiger partial charge in [0.2, 0.25) is 5.91 Å². The van der Waals surface area contributed by atoms with E-state index >= 15 is 0 Å². The second kappa shape index (κ2) is 8.54. The molecule has 0 unspecified atom stereocenters. The molecule has 138 valence electrons. The van der Waals surface area contributed by atoms with Gasteiger partial charge in [0, 0.05) is 11.6 Å². The van der Waals surface area contributed by atoms with Crippen LogP contribution in [0.4, 0.5) is 0 Å². The molecule has 2 atom stereocenters. The van der Waals surface area contributed by atoms with Gasteiger partial charge >= 0.3 is 0 Å². The lowest BCUT2D eigenvalue weighted by Gasteiger charge is -2.34. The minimum Gasteiger partial charge on any atom is -0.497 e. The molecule has 2 saturated heterocycles. The number of rotatable bonds is 6. The van der Waals surface area contributed by atoms with E-state index in [4.69, 9.17) is 14.2 Å². The first-order chi connectivity index (χ1) is 12.2. The molecule has 0 aliphatic carbocycles. The fraction of sp³-hybridized carbons (Fsp3) is 0.632. The molecule has 2 aliphatic rings. The lowest BCUT2D eigenvalue weighted by molar-refractivity contribution is -0.121. The van der Waals surface area contributed by atoms with Gasteiger partial charge in [-0.25, -0.2) is 0 Å². The van der Waals surface area contributed by atoms with Crippen molar-refractivity contribution >= 4 is 5.91 Å². The second-order valence-corrected chi connectivity index (χ2v) is 6.73. The van der Waals surface area contributed by atoms with Crippen LogP contribution in [0.1, 0.15) is 24.8 Å². The Morgan fingerprint density at radius 2 is 2.00 bits per heavy atom. The molecule has 2 aliphatic heterocycles. The van der Waals surface area contributed by atoms with Crippen molar-refractivity contribution in [2.45, 2.75) is 37.8 Å². The quantitative estimate of drug-likeness (QED) is 0.846. The van der Waals surface area contributed by atoms with Gasteiger partial charge in [0.25, 0.3) is 0 Å². The summed E-state index contributed by atoms with van der Waals surface area (Å²) in [7, 11) is 3.22. The van der Waals surface area contributed by atoms with Gasteiger partial charge in [-0.3, -0.25) is 9.69 Å². The third-order valence-corrected chi connectivity index (χ3v) is 5.10. The highest BCUT2D eigenvalue weighted by atomic mass is 16.5. The van der Waals surface area contributed by atoms with Gasteiger partial charge in [0.05, 0.1) is 45.9 Å². The van der Waals surface area contributed by atoms with Gasteiger partial charge in [-0.05, 0) is 32.0 Å². The number of likely N-dealkylation sites (tertiary alicyclic amines) is 1. The zero-order valence-corrected chi connectivity index (χ0v) is 15.1. The Labute approximate surface area is 149 Å². The van der Waals surface area contributed by atoms with Crippen molar-refractivity contribution in [3.63, 3.8) is 0 Å². The summed E-state index contributed by atoms with van der Waals surface area (Å²) in [5, 5.41) is 3.16. The largest absolute Gasteiger partial charge is 0.497 e. The summed E-state index contributed by atoms with van der Waals surface area (Å²) >= 11 is 0. The molecule has 2 heterocycles. The SMILES string of the molecule is COc1ccc(CC(=O)N[C@@H]2COC[C@H]2N2CCCCC2)c(OC)c1. The van der Waals surface area contributed by atoms with Crippen LogP contribution in [0.15, 0.2) is 18.2 Å². The first-order valence-corrected chi connectivity index (χ1v) is 9.03. The first kappa shape index (κ1) is 18.0. The molecule has 0 bridgehead atoms. The maximum absolute atomic E-state index is 12.5. The topological polar surface area (TPSA) is 60.0 Å². The number of hydrogen-bond acceptors (Lipinski definition) is 5. The predicted octanol–water partition coefficient (Wildman–Crippen LogP) is 1.62. The van der Waals surface area contributed by atoms with Gasteiger partial charge in [-0.15, -0.1) is 0 Å². The van der Waals surface area contributed by atoms with E-state index in [0.717, 1.165) is 24.4 Å². The molecule has 25 heavy (non-hydrogen) atoms. The Morgan fingerprint density at radius 3 is 2.72 bits per heavy atom. The summed E-state index contributed by atoms with van der Waals surface area (Å²) in [5.41, 5.74) is 0.856. The minimum atomic E-state index is 0.000904. The van der Waals surface area contributed by atoms with Gasteiger partial charge in [-0.1, -0.05) is 12.5 Å². The van der Waals surface area contributed by atoms with Crippen molar-refractivity contribution in [1.29, 1.82) is 0 Å². The van der Waals surface area contributed by atoms with Crippen LogP contribution in [0.2, 0.25) is 0 Å². The van der Waals surface area contributed by atoms with Crippen molar-refractivity contribution in [3.05, 3.63) is 23.8 Å². The van der Waals surface area contributed by atoms with Crippen LogP contribution in [-0.4, -0.2) is 63.4 Å². The number of nitrogens with one attached hydrogen (secondary N) is 1. The smallest absolute Gasteiger partial charge is 0.224 e. The molecule has 1 aromatic rings. The molecule has 1 N–H and O–H groups in total. The first-order valence-electron chi connectivity index (χ1n) is 9.03.